The summed E-state index contributed by atoms with van der Waals surface area (Å²) in [5.41, 5.74) is 0.682. The van der Waals surface area contributed by atoms with E-state index in [9.17, 15) is 0 Å². The van der Waals surface area contributed by atoms with E-state index in [1.807, 2.05) is 6.07 Å². The minimum atomic E-state index is 0.682. The quantitative estimate of drug-likeness (QED) is 0.705. The number of hydrogen-bond acceptors (Lipinski definition) is 4. The van der Waals surface area contributed by atoms with Gasteiger partial charge in [0.2, 0.25) is 0 Å². The van der Waals surface area contributed by atoms with Gasteiger partial charge in [-0.1, -0.05) is 5.16 Å². The number of hydrogen-bond donors (Lipinski definition) is 0. The van der Waals surface area contributed by atoms with Gasteiger partial charge in [0, 0.05) is 0 Å². The van der Waals surface area contributed by atoms with Gasteiger partial charge in [-0.05, 0) is 12.1 Å². The van der Waals surface area contributed by atoms with E-state index in [4.69, 9.17) is 14.0 Å². The first-order valence-corrected chi connectivity index (χ1v) is 3.82. The van der Waals surface area contributed by atoms with E-state index in [0.29, 0.717) is 11.3 Å². The van der Waals surface area contributed by atoms with Crippen molar-refractivity contribution in [2.24, 2.45) is 0 Å². The van der Waals surface area contributed by atoms with Gasteiger partial charge in [0.25, 0.3) is 0 Å². The van der Waals surface area contributed by atoms with Gasteiger partial charge < -0.3 is 14.0 Å². The summed E-state index contributed by atoms with van der Waals surface area (Å²) in [4.78, 5) is 0. The average Bonchev–Trinajstić information content (AvgIpc) is 2.64. The first kappa shape index (κ1) is 7.91. The van der Waals surface area contributed by atoms with E-state index in [1.54, 1.807) is 20.3 Å². The van der Waals surface area contributed by atoms with Crippen LogP contribution in [-0.4, -0.2) is 19.4 Å². The Hall–Kier alpha value is -1.71. The molecule has 0 atom stereocenters. The Morgan fingerprint density at radius 1 is 1.15 bits per heavy atom. The molecule has 0 amide bonds. The molecule has 1 aromatic heterocycles. The highest BCUT2D eigenvalue weighted by atomic mass is 16.5. The number of benzene rings is 1. The second kappa shape index (κ2) is 2.97. The molecule has 0 bridgehead atoms. The fourth-order valence-electron chi connectivity index (χ4n) is 1.25. The van der Waals surface area contributed by atoms with Crippen LogP contribution in [0.25, 0.3) is 10.9 Å². The molecule has 68 valence electrons. The van der Waals surface area contributed by atoms with Crippen molar-refractivity contribution in [3.05, 3.63) is 18.4 Å². The lowest BCUT2D eigenvalue weighted by molar-refractivity contribution is 0.404. The summed E-state index contributed by atoms with van der Waals surface area (Å²) in [6.07, 6.45) is 1.54. The van der Waals surface area contributed by atoms with Crippen LogP contribution in [0.3, 0.4) is 0 Å². The second-order valence-electron chi connectivity index (χ2n) is 2.55. The fraction of sp³-hybridized carbons (Fsp3) is 0.222. The molecule has 0 spiro atoms. The average molecular weight is 179 g/mol. The van der Waals surface area contributed by atoms with Crippen LogP contribution < -0.4 is 9.47 Å². The maximum absolute atomic E-state index is 5.13. The molecule has 0 fully saturated rings. The third-order valence-corrected chi connectivity index (χ3v) is 1.89. The Kier molecular flexibility index (Phi) is 1.81. The van der Waals surface area contributed by atoms with Crippen LogP contribution in [0.1, 0.15) is 0 Å². The van der Waals surface area contributed by atoms with E-state index in [-0.39, 0.29) is 0 Å². The molecule has 2 rings (SSSR count). The molecule has 0 aliphatic rings. The van der Waals surface area contributed by atoms with Crippen molar-refractivity contribution in [1.29, 1.82) is 0 Å². The van der Waals surface area contributed by atoms with Gasteiger partial charge in [-0.2, -0.15) is 0 Å². The predicted octanol–water partition coefficient (Wildman–Crippen LogP) is 1.84. The molecule has 0 saturated heterocycles. The standard InChI is InChI=1S/C9H9NO3/c1-11-7-3-4-8(12-2)9-6(7)5-13-10-9/h3-5H,1-2H3. The first-order chi connectivity index (χ1) is 6.36. The largest absolute Gasteiger partial charge is 0.496 e. The maximum Gasteiger partial charge on any atom is 0.159 e. The van der Waals surface area contributed by atoms with E-state index < -0.39 is 0 Å². The third kappa shape index (κ3) is 1.11. The minimum absolute atomic E-state index is 0.682. The maximum atomic E-state index is 5.13. The lowest BCUT2D eigenvalue weighted by Crippen LogP contribution is -1.87. The molecule has 0 aliphatic carbocycles. The molecule has 0 radical (unpaired) electrons. The summed E-state index contributed by atoms with van der Waals surface area (Å²) in [6.45, 7) is 0. The summed E-state index contributed by atoms with van der Waals surface area (Å²) < 4.78 is 15.1. The Bertz CT molecular complexity index is 384. The van der Waals surface area contributed by atoms with Crippen molar-refractivity contribution in [2.45, 2.75) is 0 Å². The van der Waals surface area contributed by atoms with Crippen LogP contribution in [0.15, 0.2) is 22.9 Å². The van der Waals surface area contributed by atoms with Crippen LogP contribution in [-0.2, 0) is 0 Å². The van der Waals surface area contributed by atoms with Crippen molar-refractivity contribution in [2.75, 3.05) is 14.2 Å². The molecule has 2 aromatic rings. The van der Waals surface area contributed by atoms with Gasteiger partial charge in [-0.15, -0.1) is 0 Å². The Balaban J connectivity index is 2.74. The fourth-order valence-corrected chi connectivity index (χ4v) is 1.25. The number of rotatable bonds is 2. The zero-order valence-electron chi connectivity index (χ0n) is 7.40. The van der Waals surface area contributed by atoms with Crippen LogP contribution >= 0.6 is 0 Å². The van der Waals surface area contributed by atoms with Gasteiger partial charge >= 0.3 is 0 Å². The van der Waals surface area contributed by atoms with E-state index in [0.717, 1.165) is 11.1 Å². The van der Waals surface area contributed by atoms with Gasteiger partial charge in [0.1, 0.15) is 17.8 Å². The normalized spacial score (nSPS) is 10.3. The van der Waals surface area contributed by atoms with Crippen LogP contribution in [0.2, 0.25) is 0 Å². The third-order valence-electron chi connectivity index (χ3n) is 1.89. The molecule has 1 aromatic carbocycles. The van der Waals surface area contributed by atoms with E-state index >= 15 is 0 Å². The van der Waals surface area contributed by atoms with Gasteiger partial charge in [0.15, 0.2) is 5.52 Å². The highest BCUT2D eigenvalue weighted by Crippen LogP contribution is 2.31. The zero-order valence-corrected chi connectivity index (χ0v) is 7.40. The first-order valence-electron chi connectivity index (χ1n) is 3.82. The van der Waals surface area contributed by atoms with Crippen molar-refractivity contribution < 1.29 is 14.0 Å². The van der Waals surface area contributed by atoms with Crippen LogP contribution in [0.5, 0.6) is 11.5 Å². The molecular formula is C9H9NO3. The molecule has 4 heteroatoms. The summed E-state index contributed by atoms with van der Waals surface area (Å²) in [6, 6.07) is 3.61. The molecule has 1 heterocycles. The smallest absolute Gasteiger partial charge is 0.159 e. The van der Waals surface area contributed by atoms with Gasteiger partial charge in [-0.25, -0.2) is 0 Å². The Morgan fingerprint density at radius 2 is 1.85 bits per heavy atom. The van der Waals surface area contributed by atoms with Crippen molar-refractivity contribution in [3.63, 3.8) is 0 Å². The second-order valence-corrected chi connectivity index (χ2v) is 2.55. The van der Waals surface area contributed by atoms with Gasteiger partial charge in [0.05, 0.1) is 19.6 Å². The number of fused-ring (bicyclic) bond motifs is 1. The summed E-state index contributed by atoms with van der Waals surface area (Å²) in [5.74, 6) is 1.42. The van der Waals surface area contributed by atoms with Gasteiger partial charge in [-0.3, -0.25) is 0 Å². The predicted molar refractivity (Wildman–Crippen MR) is 47.1 cm³/mol. The SMILES string of the molecule is COc1ccc(OC)c2nocc12. The summed E-state index contributed by atoms with van der Waals surface area (Å²) >= 11 is 0. The molecule has 0 N–H and O–H groups in total. The van der Waals surface area contributed by atoms with Crippen LogP contribution in [0, 0.1) is 0 Å². The molecule has 13 heavy (non-hydrogen) atoms. The molecule has 4 nitrogen and oxygen atoms in total. The monoisotopic (exact) mass is 179 g/mol. The molecule has 0 saturated carbocycles. The summed E-state index contributed by atoms with van der Waals surface area (Å²) in [7, 11) is 3.20. The van der Waals surface area contributed by atoms with Crippen molar-refractivity contribution >= 4 is 10.9 Å². The number of methoxy groups -OCH3 is 2. The summed E-state index contributed by atoms with van der Waals surface area (Å²) in [5, 5.41) is 4.64. The lowest BCUT2D eigenvalue weighted by Gasteiger charge is -2.03. The Labute approximate surface area is 75.0 Å². The topological polar surface area (TPSA) is 44.5 Å². The number of nitrogens with zero attached hydrogens (tertiary/aromatic N) is 1. The number of aromatic nitrogens is 1. The van der Waals surface area contributed by atoms with E-state index in [1.165, 1.54) is 6.26 Å². The minimum Gasteiger partial charge on any atom is -0.496 e. The van der Waals surface area contributed by atoms with E-state index in [2.05, 4.69) is 5.16 Å². The van der Waals surface area contributed by atoms with Crippen molar-refractivity contribution in [3.8, 4) is 11.5 Å². The Morgan fingerprint density at radius 3 is 2.54 bits per heavy atom. The molecule has 0 aliphatic heterocycles. The lowest BCUT2D eigenvalue weighted by atomic mass is 10.2. The highest BCUT2D eigenvalue weighted by molar-refractivity contribution is 5.89. The number of ether oxygens (including phenoxy) is 2. The highest BCUT2D eigenvalue weighted by Gasteiger charge is 2.09. The van der Waals surface area contributed by atoms with Crippen LogP contribution in [0.4, 0.5) is 0 Å². The molecule has 0 unspecified atom stereocenters. The zero-order chi connectivity index (χ0) is 9.26. The van der Waals surface area contributed by atoms with Crippen molar-refractivity contribution in [1.82, 2.24) is 5.16 Å². The molecular weight excluding hydrogens is 170 g/mol.